The summed E-state index contributed by atoms with van der Waals surface area (Å²) < 4.78 is 5.58. The predicted molar refractivity (Wildman–Crippen MR) is 93.7 cm³/mol. The Kier molecular flexibility index (Phi) is 6.17. The molecule has 0 aliphatic heterocycles. The van der Waals surface area contributed by atoms with Crippen LogP contribution in [0.3, 0.4) is 0 Å². The molecule has 23 heavy (non-hydrogen) atoms. The van der Waals surface area contributed by atoms with Gasteiger partial charge in [-0.2, -0.15) is 0 Å². The minimum absolute atomic E-state index is 0.102. The van der Waals surface area contributed by atoms with Crippen LogP contribution in [0.25, 0.3) is 0 Å². The van der Waals surface area contributed by atoms with Crippen LogP contribution >= 0.6 is 15.9 Å². The lowest BCUT2D eigenvalue weighted by Crippen LogP contribution is -2.16. The van der Waals surface area contributed by atoms with Crippen LogP contribution in [0.15, 0.2) is 53.0 Å². The van der Waals surface area contributed by atoms with E-state index in [0.717, 1.165) is 10.2 Å². The molecule has 0 heterocycles. The predicted octanol–water partition coefficient (Wildman–Crippen LogP) is 3.68. The third-order valence-electron chi connectivity index (χ3n) is 3.13. The second-order valence-electron chi connectivity index (χ2n) is 4.77. The van der Waals surface area contributed by atoms with E-state index < -0.39 is 5.97 Å². The zero-order valence-electron chi connectivity index (χ0n) is 12.6. The monoisotopic (exact) mass is 376 g/mol. The molecule has 2 aromatic carbocycles. The number of ether oxygens (including phenoxy) is 1. The molecule has 0 radical (unpaired) electrons. The van der Waals surface area contributed by atoms with Gasteiger partial charge in [0.15, 0.2) is 0 Å². The van der Waals surface area contributed by atoms with Crippen molar-refractivity contribution in [3.8, 4) is 0 Å². The highest BCUT2D eigenvalue weighted by Crippen LogP contribution is 2.21. The number of nitrogens with one attached hydrogen (secondary N) is 2. The number of methoxy groups -OCH3 is 1. The summed E-state index contributed by atoms with van der Waals surface area (Å²) >= 11 is 3.44. The molecule has 0 bridgehead atoms. The maximum atomic E-state index is 11.9. The van der Waals surface area contributed by atoms with Crippen molar-refractivity contribution in [1.82, 2.24) is 0 Å². The molecule has 0 aliphatic rings. The van der Waals surface area contributed by atoms with Crippen molar-refractivity contribution in [2.75, 3.05) is 24.3 Å². The molecule has 0 saturated heterocycles. The van der Waals surface area contributed by atoms with Crippen LogP contribution < -0.4 is 10.6 Å². The Morgan fingerprint density at radius 2 is 1.78 bits per heavy atom. The third kappa shape index (κ3) is 5.10. The van der Waals surface area contributed by atoms with E-state index in [1.165, 1.54) is 7.11 Å². The summed E-state index contributed by atoms with van der Waals surface area (Å²) in [6.07, 6.45) is 0.333. The highest BCUT2D eigenvalue weighted by molar-refractivity contribution is 9.10. The largest absolute Gasteiger partial charge is 0.465 e. The van der Waals surface area contributed by atoms with Gasteiger partial charge >= 0.3 is 5.97 Å². The second kappa shape index (κ2) is 8.33. The lowest BCUT2D eigenvalue weighted by Gasteiger charge is -2.09. The summed E-state index contributed by atoms with van der Waals surface area (Å²) in [5.74, 6) is -0.504. The number of hydrogen-bond donors (Lipinski definition) is 2. The first-order valence-electron chi connectivity index (χ1n) is 7.07. The zero-order chi connectivity index (χ0) is 16.7. The molecule has 0 spiro atoms. The van der Waals surface area contributed by atoms with Crippen molar-refractivity contribution in [1.29, 1.82) is 0 Å². The highest BCUT2D eigenvalue weighted by atomic mass is 79.9. The van der Waals surface area contributed by atoms with E-state index in [-0.39, 0.29) is 5.91 Å². The number of rotatable bonds is 6. The third-order valence-corrected chi connectivity index (χ3v) is 3.82. The molecule has 0 unspecified atom stereocenters. The van der Waals surface area contributed by atoms with Gasteiger partial charge in [-0.3, -0.25) is 4.79 Å². The van der Waals surface area contributed by atoms with Gasteiger partial charge in [0.25, 0.3) is 0 Å². The van der Waals surface area contributed by atoms with E-state index in [0.29, 0.717) is 24.2 Å². The Morgan fingerprint density at radius 3 is 2.43 bits per heavy atom. The molecule has 0 atom stereocenters. The summed E-state index contributed by atoms with van der Waals surface area (Å²) in [6.45, 7) is 0.523. The Bertz CT molecular complexity index is 686. The summed E-state index contributed by atoms with van der Waals surface area (Å²) in [4.78, 5) is 23.2. The first-order chi connectivity index (χ1) is 11.1. The first-order valence-corrected chi connectivity index (χ1v) is 7.86. The van der Waals surface area contributed by atoms with Crippen molar-refractivity contribution in [3.05, 3.63) is 58.6 Å². The molecule has 0 saturated carbocycles. The van der Waals surface area contributed by atoms with Gasteiger partial charge in [0, 0.05) is 28.8 Å². The van der Waals surface area contributed by atoms with Crippen molar-refractivity contribution >= 4 is 39.2 Å². The average molecular weight is 377 g/mol. The minimum Gasteiger partial charge on any atom is -0.465 e. The number of hydrogen-bond acceptors (Lipinski definition) is 4. The summed E-state index contributed by atoms with van der Waals surface area (Å²) in [7, 11) is 1.33. The molecular formula is C17H17BrN2O3. The number of amides is 1. The smallest absolute Gasteiger partial charge is 0.337 e. The van der Waals surface area contributed by atoms with Gasteiger partial charge in [0.2, 0.25) is 5.91 Å². The van der Waals surface area contributed by atoms with E-state index in [4.69, 9.17) is 0 Å². The minimum atomic E-state index is -0.402. The molecule has 5 nitrogen and oxygen atoms in total. The fraction of sp³-hybridized carbons (Fsp3) is 0.176. The molecule has 1 amide bonds. The van der Waals surface area contributed by atoms with Gasteiger partial charge in [-0.25, -0.2) is 4.79 Å². The topological polar surface area (TPSA) is 67.4 Å². The van der Waals surface area contributed by atoms with Crippen LogP contribution in [0, 0.1) is 0 Å². The van der Waals surface area contributed by atoms with Crippen LogP contribution in [0.4, 0.5) is 11.4 Å². The maximum Gasteiger partial charge on any atom is 0.337 e. The number of anilines is 2. The van der Waals surface area contributed by atoms with Crippen molar-refractivity contribution in [3.63, 3.8) is 0 Å². The summed E-state index contributed by atoms with van der Waals surface area (Å²) in [5, 5.41) is 5.98. The average Bonchev–Trinajstić information content (AvgIpc) is 2.56. The van der Waals surface area contributed by atoms with Gasteiger partial charge < -0.3 is 15.4 Å². The fourth-order valence-electron chi connectivity index (χ4n) is 1.95. The van der Waals surface area contributed by atoms with E-state index >= 15 is 0 Å². The Balaban J connectivity index is 1.81. The molecule has 0 fully saturated rings. The van der Waals surface area contributed by atoms with E-state index in [9.17, 15) is 9.59 Å². The SMILES string of the molecule is COC(=O)c1ccc(NC(=O)CCNc2ccccc2Br)cc1. The quantitative estimate of drug-likeness (QED) is 0.754. The molecular weight excluding hydrogens is 360 g/mol. The Morgan fingerprint density at radius 1 is 1.09 bits per heavy atom. The lowest BCUT2D eigenvalue weighted by molar-refractivity contribution is -0.115. The van der Waals surface area contributed by atoms with E-state index in [1.54, 1.807) is 24.3 Å². The van der Waals surface area contributed by atoms with Crippen molar-refractivity contribution in [2.24, 2.45) is 0 Å². The number of carbonyl (C=O) groups excluding carboxylic acids is 2. The standard InChI is InChI=1S/C17H17BrN2O3/c1-23-17(22)12-6-8-13(9-7-12)20-16(21)10-11-19-15-5-3-2-4-14(15)18/h2-9,19H,10-11H2,1H3,(H,20,21). The molecule has 2 aromatic rings. The molecule has 2 rings (SSSR count). The zero-order valence-corrected chi connectivity index (χ0v) is 14.2. The molecule has 0 aliphatic carbocycles. The van der Waals surface area contributed by atoms with Gasteiger partial charge in [-0.15, -0.1) is 0 Å². The number of carbonyl (C=O) groups is 2. The van der Waals surface area contributed by atoms with Gasteiger partial charge in [-0.05, 0) is 52.3 Å². The Labute approximate surface area is 143 Å². The lowest BCUT2D eigenvalue weighted by atomic mass is 10.2. The fourth-order valence-corrected chi connectivity index (χ4v) is 2.37. The van der Waals surface area contributed by atoms with Crippen LogP contribution in [-0.4, -0.2) is 25.5 Å². The van der Waals surface area contributed by atoms with Crippen molar-refractivity contribution in [2.45, 2.75) is 6.42 Å². The highest BCUT2D eigenvalue weighted by Gasteiger charge is 2.06. The number of benzene rings is 2. The second-order valence-corrected chi connectivity index (χ2v) is 5.63. The van der Waals surface area contributed by atoms with Gasteiger partial charge in [0.05, 0.1) is 12.7 Å². The molecule has 120 valence electrons. The first kappa shape index (κ1) is 17.0. The molecule has 2 N–H and O–H groups in total. The number of para-hydroxylation sites is 1. The summed E-state index contributed by atoms with van der Waals surface area (Å²) in [6, 6.07) is 14.3. The van der Waals surface area contributed by atoms with Crippen LogP contribution in [-0.2, 0) is 9.53 Å². The normalized spacial score (nSPS) is 10.0. The van der Waals surface area contributed by atoms with E-state index in [2.05, 4.69) is 31.3 Å². The Hall–Kier alpha value is -2.34. The van der Waals surface area contributed by atoms with Crippen molar-refractivity contribution < 1.29 is 14.3 Å². The summed E-state index contributed by atoms with van der Waals surface area (Å²) in [5.41, 5.74) is 2.03. The van der Waals surface area contributed by atoms with E-state index in [1.807, 2.05) is 24.3 Å². The van der Waals surface area contributed by atoms with Crippen LogP contribution in [0.5, 0.6) is 0 Å². The number of halogens is 1. The van der Waals surface area contributed by atoms with Crippen LogP contribution in [0.2, 0.25) is 0 Å². The number of esters is 1. The van der Waals surface area contributed by atoms with Crippen LogP contribution in [0.1, 0.15) is 16.8 Å². The van der Waals surface area contributed by atoms with Gasteiger partial charge in [-0.1, -0.05) is 12.1 Å². The molecule has 6 heteroatoms. The van der Waals surface area contributed by atoms with Gasteiger partial charge in [0.1, 0.15) is 0 Å². The molecule has 0 aromatic heterocycles. The maximum absolute atomic E-state index is 11.9.